The van der Waals surface area contributed by atoms with E-state index in [0.717, 1.165) is 4.68 Å². The third kappa shape index (κ3) is 4.23. The summed E-state index contributed by atoms with van der Waals surface area (Å²) in [5, 5.41) is 4.41. The zero-order valence-electron chi connectivity index (χ0n) is 16.5. The van der Waals surface area contributed by atoms with Crippen molar-refractivity contribution in [1.82, 2.24) is 9.66 Å². The van der Waals surface area contributed by atoms with Crippen molar-refractivity contribution in [2.75, 3.05) is 7.11 Å². The lowest BCUT2D eigenvalue weighted by Crippen LogP contribution is -2.32. The molecule has 0 radical (unpaired) electrons. The fraction of sp³-hybridized carbons (Fsp3) is 0.0870. The molecule has 1 aromatic heterocycles. The molecule has 4 aromatic rings. The fourth-order valence-electron chi connectivity index (χ4n) is 3.11. The Bertz CT molecular complexity index is 1390. The molecule has 8 heteroatoms. The van der Waals surface area contributed by atoms with Gasteiger partial charge in [0.15, 0.2) is 11.5 Å². The van der Waals surface area contributed by atoms with E-state index in [1.165, 1.54) is 25.5 Å². The smallest absolute Gasteiger partial charge is 0.349 e. The molecule has 0 aliphatic rings. The lowest BCUT2D eigenvalue weighted by molar-refractivity contribution is 0.283. The van der Waals surface area contributed by atoms with Gasteiger partial charge in [-0.25, -0.2) is 9.18 Å². The first-order chi connectivity index (χ1) is 15.1. The summed E-state index contributed by atoms with van der Waals surface area (Å²) in [5.41, 5.74) is 0.349. The molecule has 0 amide bonds. The van der Waals surface area contributed by atoms with Crippen LogP contribution < -0.4 is 20.7 Å². The van der Waals surface area contributed by atoms with Crippen LogP contribution in [0.15, 0.2) is 81.4 Å². The van der Waals surface area contributed by atoms with Crippen molar-refractivity contribution < 1.29 is 13.9 Å². The average Bonchev–Trinajstić information content (AvgIpc) is 2.77. The molecule has 0 bridgehead atoms. The molecule has 0 aliphatic carbocycles. The second-order valence-electron chi connectivity index (χ2n) is 6.63. The minimum Gasteiger partial charge on any atom is -0.493 e. The normalized spacial score (nSPS) is 11.2. The van der Waals surface area contributed by atoms with Gasteiger partial charge in [0.05, 0.1) is 24.2 Å². The van der Waals surface area contributed by atoms with Crippen molar-refractivity contribution in [2.45, 2.75) is 6.61 Å². The number of H-pyrrole nitrogens is 1. The number of aromatic amines is 1. The molecule has 0 spiro atoms. The Balaban J connectivity index is 1.70. The molecule has 0 atom stereocenters. The van der Waals surface area contributed by atoms with Crippen molar-refractivity contribution in [1.29, 1.82) is 0 Å². The number of nitrogens with zero attached hydrogens (tertiary/aromatic N) is 2. The van der Waals surface area contributed by atoms with E-state index in [-0.39, 0.29) is 12.4 Å². The number of methoxy groups -OCH3 is 1. The van der Waals surface area contributed by atoms with E-state index in [9.17, 15) is 14.0 Å². The van der Waals surface area contributed by atoms with Crippen molar-refractivity contribution in [2.24, 2.45) is 5.10 Å². The van der Waals surface area contributed by atoms with Gasteiger partial charge in [-0.15, -0.1) is 4.68 Å². The van der Waals surface area contributed by atoms with Gasteiger partial charge in [-0.1, -0.05) is 30.3 Å². The van der Waals surface area contributed by atoms with E-state index in [0.29, 0.717) is 33.5 Å². The third-order valence-corrected chi connectivity index (χ3v) is 4.60. The first-order valence-electron chi connectivity index (χ1n) is 9.39. The van der Waals surface area contributed by atoms with Crippen molar-refractivity contribution in [3.05, 3.63) is 105 Å². The van der Waals surface area contributed by atoms with Crippen LogP contribution in [-0.2, 0) is 6.61 Å². The van der Waals surface area contributed by atoms with Crippen LogP contribution in [0.5, 0.6) is 11.5 Å². The predicted octanol–water partition coefficient (Wildman–Crippen LogP) is 3.30. The maximum atomic E-state index is 13.4. The van der Waals surface area contributed by atoms with E-state index in [4.69, 9.17) is 9.47 Å². The van der Waals surface area contributed by atoms with Gasteiger partial charge in [0, 0.05) is 5.56 Å². The van der Waals surface area contributed by atoms with Gasteiger partial charge in [-0.2, -0.15) is 5.10 Å². The maximum absolute atomic E-state index is 13.4. The molecule has 156 valence electrons. The highest BCUT2D eigenvalue weighted by Crippen LogP contribution is 2.31. The Morgan fingerprint density at radius 2 is 1.87 bits per heavy atom. The molecule has 4 rings (SSSR count). The zero-order chi connectivity index (χ0) is 21.8. The van der Waals surface area contributed by atoms with Crippen molar-refractivity contribution in [3.8, 4) is 11.5 Å². The van der Waals surface area contributed by atoms with E-state index in [1.54, 1.807) is 54.6 Å². The average molecular weight is 419 g/mol. The van der Waals surface area contributed by atoms with Crippen LogP contribution in [-0.4, -0.2) is 23.0 Å². The molecule has 31 heavy (non-hydrogen) atoms. The molecule has 0 fully saturated rings. The van der Waals surface area contributed by atoms with E-state index >= 15 is 0 Å². The van der Waals surface area contributed by atoms with Crippen LogP contribution in [0, 0.1) is 5.82 Å². The van der Waals surface area contributed by atoms with E-state index in [1.807, 2.05) is 0 Å². The summed E-state index contributed by atoms with van der Waals surface area (Å²) >= 11 is 0. The van der Waals surface area contributed by atoms with Gasteiger partial charge < -0.3 is 14.5 Å². The van der Waals surface area contributed by atoms with E-state index < -0.39 is 11.2 Å². The number of benzene rings is 3. The zero-order valence-corrected chi connectivity index (χ0v) is 16.5. The second kappa shape index (κ2) is 8.66. The van der Waals surface area contributed by atoms with Crippen molar-refractivity contribution in [3.63, 3.8) is 0 Å². The summed E-state index contributed by atoms with van der Waals surface area (Å²) in [5.74, 6) is 0.418. The van der Waals surface area contributed by atoms with Gasteiger partial charge in [0.25, 0.3) is 5.56 Å². The van der Waals surface area contributed by atoms with Crippen LogP contribution in [0.2, 0.25) is 0 Å². The highest BCUT2D eigenvalue weighted by Gasteiger charge is 2.11. The number of ether oxygens (including phenoxy) is 2. The minimum absolute atomic E-state index is 0.0927. The molecular formula is C23H18FN3O4. The van der Waals surface area contributed by atoms with Crippen LogP contribution in [0.1, 0.15) is 11.1 Å². The first-order valence-corrected chi connectivity index (χ1v) is 9.39. The highest BCUT2D eigenvalue weighted by molar-refractivity contribution is 5.85. The van der Waals surface area contributed by atoms with Gasteiger partial charge in [0.1, 0.15) is 12.4 Å². The Morgan fingerprint density at radius 1 is 1.06 bits per heavy atom. The molecule has 7 nitrogen and oxygen atoms in total. The summed E-state index contributed by atoms with van der Waals surface area (Å²) in [7, 11) is 1.49. The van der Waals surface area contributed by atoms with Gasteiger partial charge in [0.2, 0.25) is 0 Å². The standard InChI is InChI=1S/C23H18FN3O4/c1-30-20-11-5-7-16(21(20)31-14-15-6-4-8-17(24)12-15)13-25-27-22(28)18-9-2-3-10-19(18)26-23(27)29/h2-13H,14H2,1H3,(H,26,29). The molecule has 1 N–H and O–H groups in total. The monoisotopic (exact) mass is 419 g/mol. The van der Waals surface area contributed by atoms with Crippen LogP contribution >= 0.6 is 0 Å². The van der Waals surface area contributed by atoms with Crippen LogP contribution in [0.3, 0.4) is 0 Å². The number of fused-ring (bicyclic) bond motifs is 1. The minimum atomic E-state index is -0.662. The summed E-state index contributed by atoms with van der Waals surface area (Å²) in [6, 6.07) is 17.9. The number of halogens is 1. The fourth-order valence-corrected chi connectivity index (χ4v) is 3.11. The van der Waals surface area contributed by atoms with Crippen molar-refractivity contribution >= 4 is 17.1 Å². The van der Waals surface area contributed by atoms with E-state index in [2.05, 4.69) is 10.1 Å². The number of hydrogen-bond donors (Lipinski definition) is 1. The maximum Gasteiger partial charge on any atom is 0.349 e. The summed E-state index contributed by atoms with van der Waals surface area (Å²) in [6.45, 7) is 0.0927. The topological polar surface area (TPSA) is 85.7 Å². The highest BCUT2D eigenvalue weighted by atomic mass is 19.1. The number of para-hydroxylation sites is 2. The molecule has 0 saturated heterocycles. The quantitative estimate of drug-likeness (QED) is 0.486. The molecule has 0 unspecified atom stereocenters. The SMILES string of the molecule is COc1cccc(C=Nn2c(=O)[nH]c3ccccc3c2=O)c1OCc1cccc(F)c1. The molecule has 1 heterocycles. The Labute approximate surface area is 176 Å². The summed E-state index contributed by atoms with van der Waals surface area (Å²) in [4.78, 5) is 27.6. The Kier molecular flexibility index (Phi) is 5.61. The predicted molar refractivity (Wildman–Crippen MR) is 116 cm³/mol. The number of nitrogens with one attached hydrogen (secondary N) is 1. The molecular weight excluding hydrogens is 401 g/mol. The first kappa shape index (κ1) is 20.1. The number of aromatic nitrogens is 2. The molecule has 3 aromatic carbocycles. The van der Waals surface area contributed by atoms with Gasteiger partial charge in [-0.05, 0) is 42.0 Å². The third-order valence-electron chi connectivity index (χ3n) is 4.60. The summed E-state index contributed by atoms with van der Waals surface area (Å²) in [6.07, 6.45) is 1.34. The number of rotatable bonds is 6. The van der Waals surface area contributed by atoms with Gasteiger partial charge in [-0.3, -0.25) is 4.79 Å². The lowest BCUT2D eigenvalue weighted by Gasteiger charge is -2.13. The Hall–Kier alpha value is -4.20. The Morgan fingerprint density at radius 3 is 2.68 bits per heavy atom. The van der Waals surface area contributed by atoms with Crippen LogP contribution in [0.4, 0.5) is 4.39 Å². The summed E-state index contributed by atoms with van der Waals surface area (Å²) < 4.78 is 25.4. The lowest BCUT2D eigenvalue weighted by atomic mass is 10.2. The van der Waals surface area contributed by atoms with Crippen LogP contribution in [0.25, 0.3) is 10.9 Å². The van der Waals surface area contributed by atoms with Gasteiger partial charge >= 0.3 is 5.69 Å². The second-order valence-corrected chi connectivity index (χ2v) is 6.63. The largest absolute Gasteiger partial charge is 0.493 e. The number of hydrogen-bond acceptors (Lipinski definition) is 5. The molecule has 0 saturated carbocycles. The molecule has 0 aliphatic heterocycles.